The van der Waals surface area contributed by atoms with Crippen LogP contribution in [0.25, 0.3) is 0 Å². The summed E-state index contributed by atoms with van der Waals surface area (Å²) in [6.45, 7) is 4.28. The molecule has 0 saturated carbocycles. The lowest BCUT2D eigenvalue weighted by atomic mass is 10.0. The molecule has 4 heteroatoms. The topological polar surface area (TPSA) is 49.3 Å². The van der Waals surface area contributed by atoms with E-state index in [2.05, 4.69) is 19.2 Å². The van der Waals surface area contributed by atoms with Gasteiger partial charge in [0.2, 0.25) is 5.91 Å². The summed E-state index contributed by atoms with van der Waals surface area (Å²) in [5, 5.41) is 12.2. The Hall–Kier alpha value is -1.94. The minimum atomic E-state index is -0.0550. The van der Waals surface area contributed by atoms with Crippen molar-refractivity contribution in [3.8, 4) is 5.75 Å². The summed E-state index contributed by atoms with van der Waals surface area (Å²) in [7, 11) is 0. The van der Waals surface area contributed by atoms with E-state index < -0.39 is 0 Å². The van der Waals surface area contributed by atoms with E-state index in [-0.39, 0.29) is 11.7 Å². The van der Waals surface area contributed by atoms with Gasteiger partial charge in [-0.2, -0.15) is 0 Å². The monoisotopic (exact) mass is 301 g/mol. The van der Waals surface area contributed by atoms with Crippen LogP contribution in [0.15, 0.2) is 53.4 Å². The maximum Gasteiger partial charge on any atom is 0.234 e. The second-order valence-corrected chi connectivity index (χ2v) is 6.16. The molecule has 21 heavy (non-hydrogen) atoms. The van der Waals surface area contributed by atoms with Gasteiger partial charge in [0.05, 0.1) is 5.75 Å². The van der Waals surface area contributed by atoms with Gasteiger partial charge >= 0.3 is 0 Å². The first kappa shape index (κ1) is 15.4. The number of amides is 1. The number of carbonyl (C=O) groups excluding carboxylic acids is 1. The van der Waals surface area contributed by atoms with Crippen LogP contribution in [-0.2, 0) is 4.79 Å². The third-order valence-electron chi connectivity index (χ3n) is 3.05. The van der Waals surface area contributed by atoms with Crippen LogP contribution in [-0.4, -0.2) is 16.8 Å². The highest BCUT2D eigenvalue weighted by Crippen LogP contribution is 2.22. The lowest BCUT2D eigenvalue weighted by molar-refractivity contribution is -0.113. The molecule has 0 heterocycles. The van der Waals surface area contributed by atoms with Crippen molar-refractivity contribution in [3.05, 3.63) is 54.1 Å². The first-order valence-electron chi connectivity index (χ1n) is 6.86. The molecule has 0 aliphatic carbocycles. The molecule has 0 fully saturated rings. The zero-order valence-corrected chi connectivity index (χ0v) is 13.0. The zero-order chi connectivity index (χ0) is 15.2. The van der Waals surface area contributed by atoms with Gasteiger partial charge in [0, 0.05) is 10.6 Å². The van der Waals surface area contributed by atoms with Gasteiger partial charge in [0.15, 0.2) is 0 Å². The van der Waals surface area contributed by atoms with Gasteiger partial charge in [-0.25, -0.2) is 0 Å². The third-order valence-corrected chi connectivity index (χ3v) is 4.04. The zero-order valence-electron chi connectivity index (χ0n) is 12.2. The van der Waals surface area contributed by atoms with E-state index in [0.29, 0.717) is 11.7 Å². The molecule has 110 valence electrons. The highest BCUT2D eigenvalue weighted by Gasteiger charge is 2.05. The maximum atomic E-state index is 11.9. The molecule has 0 spiro atoms. The summed E-state index contributed by atoms with van der Waals surface area (Å²) in [5.74, 6) is 0.955. The number of phenolic OH excluding ortho intramolecular Hbond substituents is 1. The number of nitrogens with one attached hydrogen (secondary N) is 1. The van der Waals surface area contributed by atoms with Crippen LogP contribution in [0.2, 0.25) is 0 Å². The van der Waals surface area contributed by atoms with Crippen LogP contribution < -0.4 is 5.32 Å². The second-order valence-electron chi connectivity index (χ2n) is 5.11. The lowest BCUT2D eigenvalue weighted by Gasteiger charge is -2.08. The van der Waals surface area contributed by atoms with Crippen LogP contribution >= 0.6 is 11.8 Å². The minimum absolute atomic E-state index is 0.0550. The predicted molar refractivity (Wildman–Crippen MR) is 88.0 cm³/mol. The Labute approximate surface area is 129 Å². The fourth-order valence-electron chi connectivity index (χ4n) is 1.87. The summed E-state index contributed by atoms with van der Waals surface area (Å²) in [5.41, 5.74) is 2.06. The van der Waals surface area contributed by atoms with Gasteiger partial charge in [-0.15, -0.1) is 11.8 Å². The van der Waals surface area contributed by atoms with Gasteiger partial charge in [0.1, 0.15) is 5.75 Å². The normalized spacial score (nSPS) is 10.6. The van der Waals surface area contributed by atoms with Gasteiger partial charge < -0.3 is 10.4 Å². The van der Waals surface area contributed by atoms with E-state index in [9.17, 15) is 9.90 Å². The molecule has 0 bridgehead atoms. The Morgan fingerprint density at radius 1 is 1.19 bits per heavy atom. The van der Waals surface area contributed by atoms with Gasteiger partial charge in [-0.3, -0.25) is 4.79 Å². The average Bonchev–Trinajstić information content (AvgIpc) is 2.46. The molecule has 2 aromatic carbocycles. The molecular formula is C17H19NO2S. The first-order chi connectivity index (χ1) is 10.0. The number of carbonyl (C=O) groups is 1. The van der Waals surface area contributed by atoms with Crippen molar-refractivity contribution < 1.29 is 9.90 Å². The number of benzene rings is 2. The van der Waals surface area contributed by atoms with Gasteiger partial charge in [-0.1, -0.05) is 32.0 Å². The molecule has 3 nitrogen and oxygen atoms in total. The molecular weight excluding hydrogens is 282 g/mol. The maximum absolute atomic E-state index is 11.9. The Morgan fingerprint density at radius 2 is 1.90 bits per heavy atom. The minimum Gasteiger partial charge on any atom is -0.508 e. The van der Waals surface area contributed by atoms with E-state index in [4.69, 9.17) is 0 Å². The molecule has 0 aromatic heterocycles. The molecule has 0 saturated heterocycles. The van der Waals surface area contributed by atoms with Crippen molar-refractivity contribution in [3.63, 3.8) is 0 Å². The largest absolute Gasteiger partial charge is 0.508 e. The van der Waals surface area contributed by atoms with Crippen LogP contribution in [0.4, 0.5) is 5.69 Å². The molecule has 0 atom stereocenters. The van der Waals surface area contributed by atoms with E-state index >= 15 is 0 Å². The lowest BCUT2D eigenvalue weighted by Crippen LogP contribution is -2.13. The Bertz CT molecular complexity index is 608. The molecule has 2 aromatic rings. The molecule has 1 amide bonds. The Kier molecular flexibility index (Phi) is 5.28. The fourth-order valence-corrected chi connectivity index (χ4v) is 2.62. The van der Waals surface area contributed by atoms with Crippen LogP contribution in [0.5, 0.6) is 5.75 Å². The van der Waals surface area contributed by atoms with E-state index in [0.717, 1.165) is 10.6 Å². The van der Waals surface area contributed by atoms with Crippen molar-refractivity contribution >= 4 is 23.4 Å². The predicted octanol–water partition coefficient (Wildman–Crippen LogP) is 4.25. The summed E-state index contributed by atoms with van der Waals surface area (Å²) in [4.78, 5) is 12.8. The van der Waals surface area contributed by atoms with Gasteiger partial charge in [0.25, 0.3) is 0 Å². The Morgan fingerprint density at radius 3 is 2.52 bits per heavy atom. The number of aromatic hydroxyl groups is 1. The molecule has 0 radical (unpaired) electrons. The fraction of sp³-hybridized carbons (Fsp3) is 0.235. The number of phenols is 1. The van der Waals surface area contributed by atoms with Gasteiger partial charge in [-0.05, 0) is 41.8 Å². The second kappa shape index (κ2) is 7.18. The smallest absolute Gasteiger partial charge is 0.234 e. The highest BCUT2D eigenvalue weighted by molar-refractivity contribution is 8.00. The SMILES string of the molecule is CC(C)c1ccc(NC(=O)CSc2cccc(O)c2)cc1. The van der Waals surface area contributed by atoms with E-state index in [1.54, 1.807) is 18.2 Å². The highest BCUT2D eigenvalue weighted by atomic mass is 32.2. The number of hydrogen-bond donors (Lipinski definition) is 2. The Balaban J connectivity index is 1.87. The summed E-state index contributed by atoms with van der Waals surface area (Å²) in [6.07, 6.45) is 0. The van der Waals surface area contributed by atoms with Crippen LogP contribution in [0, 0.1) is 0 Å². The van der Waals surface area contributed by atoms with Crippen LogP contribution in [0.1, 0.15) is 25.3 Å². The van der Waals surface area contributed by atoms with Crippen molar-refractivity contribution in [2.24, 2.45) is 0 Å². The van der Waals surface area contributed by atoms with Crippen molar-refractivity contribution in [2.75, 3.05) is 11.1 Å². The third kappa shape index (κ3) is 4.83. The quantitative estimate of drug-likeness (QED) is 0.812. The number of thioether (sulfide) groups is 1. The van der Waals surface area contributed by atoms with Crippen molar-refractivity contribution in [1.82, 2.24) is 0 Å². The van der Waals surface area contributed by atoms with Crippen molar-refractivity contribution in [2.45, 2.75) is 24.7 Å². The number of hydrogen-bond acceptors (Lipinski definition) is 3. The molecule has 0 aliphatic heterocycles. The van der Waals surface area contributed by atoms with Crippen LogP contribution in [0.3, 0.4) is 0 Å². The molecule has 0 aliphatic rings. The van der Waals surface area contributed by atoms with E-state index in [1.165, 1.54) is 17.3 Å². The summed E-state index contributed by atoms with van der Waals surface area (Å²) >= 11 is 1.40. The average molecular weight is 301 g/mol. The summed E-state index contributed by atoms with van der Waals surface area (Å²) < 4.78 is 0. The first-order valence-corrected chi connectivity index (χ1v) is 7.85. The van der Waals surface area contributed by atoms with E-state index in [1.807, 2.05) is 30.3 Å². The molecule has 2 N–H and O–H groups in total. The number of anilines is 1. The summed E-state index contributed by atoms with van der Waals surface area (Å²) in [6, 6.07) is 14.8. The molecule has 2 rings (SSSR count). The van der Waals surface area contributed by atoms with Crippen molar-refractivity contribution in [1.29, 1.82) is 0 Å². The standard InChI is InChI=1S/C17H19NO2S/c1-12(2)13-6-8-14(9-7-13)18-17(20)11-21-16-5-3-4-15(19)10-16/h3-10,12,19H,11H2,1-2H3,(H,18,20). The molecule has 0 unspecified atom stereocenters. The number of rotatable bonds is 5.